The summed E-state index contributed by atoms with van der Waals surface area (Å²) in [5.41, 5.74) is 0. The van der Waals surface area contributed by atoms with E-state index in [9.17, 15) is 4.79 Å². The van der Waals surface area contributed by atoms with Crippen LogP contribution in [-0.2, 0) is 11.3 Å². The molecule has 7 nitrogen and oxygen atoms in total. The molecule has 2 aromatic rings. The maximum Gasteiger partial charge on any atom is 0.289 e. The zero-order valence-electron chi connectivity index (χ0n) is 14.5. The van der Waals surface area contributed by atoms with Crippen LogP contribution in [0.1, 0.15) is 23.2 Å². The van der Waals surface area contributed by atoms with Crippen molar-refractivity contribution >= 4 is 5.91 Å². The van der Waals surface area contributed by atoms with E-state index in [4.69, 9.17) is 9.15 Å². The molecule has 2 aliphatic heterocycles. The molecule has 2 saturated heterocycles. The molecule has 0 radical (unpaired) electrons. The Balaban J connectivity index is 1.40. The second-order valence-electron chi connectivity index (χ2n) is 6.90. The maximum atomic E-state index is 12.8. The number of amides is 1. The lowest BCUT2D eigenvalue weighted by atomic mass is 10.0. The van der Waals surface area contributed by atoms with E-state index in [1.807, 2.05) is 21.7 Å². The Morgan fingerprint density at radius 2 is 2.12 bits per heavy atom. The number of aromatic nitrogens is 2. The smallest absolute Gasteiger partial charge is 0.289 e. The number of hydrogen-bond donors (Lipinski definition) is 0. The highest BCUT2D eigenvalue weighted by molar-refractivity contribution is 5.91. The molecular weight excluding hydrogens is 320 g/mol. The van der Waals surface area contributed by atoms with Gasteiger partial charge in [-0.25, -0.2) is 4.98 Å². The van der Waals surface area contributed by atoms with Gasteiger partial charge in [-0.2, -0.15) is 0 Å². The van der Waals surface area contributed by atoms with E-state index in [-0.39, 0.29) is 5.91 Å². The Hall–Kier alpha value is -2.12. The van der Waals surface area contributed by atoms with Gasteiger partial charge in [-0.1, -0.05) is 6.92 Å². The zero-order chi connectivity index (χ0) is 17.2. The van der Waals surface area contributed by atoms with Gasteiger partial charge in [0, 0.05) is 44.6 Å². The van der Waals surface area contributed by atoms with Gasteiger partial charge in [-0.3, -0.25) is 9.69 Å². The molecule has 0 N–H and O–H groups in total. The van der Waals surface area contributed by atoms with Crippen LogP contribution in [0.5, 0.6) is 0 Å². The average molecular weight is 344 g/mol. The van der Waals surface area contributed by atoms with Crippen molar-refractivity contribution in [3.63, 3.8) is 0 Å². The molecule has 0 saturated carbocycles. The van der Waals surface area contributed by atoms with Crippen molar-refractivity contribution in [2.24, 2.45) is 5.92 Å². The quantitative estimate of drug-likeness (QED) is 0.837. The number of nitrogens with zero attached hydrogens (tertiary/aromatic N) is 4. The van der Waals surface area contributed by atoms with Crippen molar-refractivity contribution in [2.75, 3.05) is 39.4 Å². The molecule has 0 unspecified atom stereocenters. The van der Waals surface area contributed by atoms with Gasteiger partial charge >= 0.3 is 0 Å². The zero-order valence-corrected chi connectivity index (χ0v) is 14.5. The molecule has 2 aliphatic rings. The van der Waals surface area contributed by atoms with Crippen LogP contribution in [0, 0.1) is 5.92 Å². The number of carbonyl (C=O) groups excluding carboxylic acids is 1. The van der Waals surface area contributed by atoms with Crippen LogP contribution >= 0.6 is 0 Å². The molecule has 2 aromatic heterocycles. The van der Waals surface area contributed by atoms with E-state index in [0.717, 1.165) is 45.2 Å². The average Bonchev–Trinajstić information content (AvgIpc) is 3.37. The number of furan rings is 1. The number of hydrogen-bond acceptors (Lipinski definition) is 5. The Morgan fingerprint density at radius 3 is 2.88 bits per heavy atom. The lowest BCUT2D eigenvalue weighted by Crippen LogP contribution is -2.47. The largest absolute Gasteiger partial charge is 0.454 e. The van der Waals surface area contributed by atoms with Crippen LogP contribution in [0.2, 0.25) is 0 Å². The van der Waals surface area contributed by atoms with Crippen molar-refractivity contribution in [3.8, 4) is 0 Å². The fraction of sp³-hybridized carbons (Fsp3) is 0.556. The summed E-state index contributed by atoms with van der Waals surface area (Å²) >= 11 is 0. The Kier molecular flexibility index (Phi) is 4.59. The number of morpholine rings is 1. The first kappa shape index (κ1) is 16.4. The normalized spacial score (nSPS) is 24.8. The molecule has 25 heavy (non-hydrogen) atoms. The minimum Gasteiger partial charge on any atom is -0.454 e. The molecule has 0 aromatic carbocycles. The standard InChI is InChI=1S/C18H24N4O3/c1-14-10-22(12-16(14)21-6-8-24-9-7-21)18(23)17-3-2-15(25-17)11-20-5-4-19-13-20/h2-5,13-14,16H,6-12H2,1H3/t14-,16+/m1/s1. The third-order valence-corrected chi connectivity index (χ3v) is 5.14. The summed E-state index contributed by atoms with van der Waals surface area (Å²) in [6.07, 6.45) is 5.34. The summed E-state index contributed by atoms with van der Waals surface area (Å²) in [6, 6.07) is 4.06. The molecule has 1 amide bonds. The fourth-order valence-corrected chi connectivity index (χ4v) is 3.79. The van der Waals surface area contributed by atoms with Gasteiger partial charge in [0.25, 0.3) is 5.91 Å². The van der Waals surface area contributed by atoms with Crippen molar-refractivity contribution in [1.29, 1.82) is 0 Å². The first-order chi connectivity index (χ1) is 12.2. The number of rotatable bonds is 4. The second kappa shape index (κ2) is 7.01. The van der Waals surface area contributed by atoms with Crippen LogP contribution in [0.25, 0.3) is 0 Å². The molecule has 2 fully saturated rings. The first-order valence-electron chi connectivity index (χ1n) is 8.86. The van der Waals surface area contributed by atoms with Crippen LogP contribution in [0.15, 0.2) is 35.3 Å². The van der Waals surface area contributed by atoms with Crippen molar-refractivity contribution < 1.29 is 13.9 Å². The van der Waals surface area contributed by atoms with Crippen LogP contribution in [0.4, 0.5) is 0 Å². The molecule has 4 rings (SSSR count). The van der Waals surface area contributed by atoms with E-state index in [0.29, 0.717) is 24.3 Å². The Labute approximate surface area is 147 Å². The Morgan fingerprint density at radius 1 is 1.28 bits per heavy atom. The van der Waals surface area contributed by atoms with Gasteiger partial charge < -0.3 is 18.6 Å². The SMILES string of the molecule is C[C@@H]1CN(C(=O)c2ccc(Cn3ccnc3)o2)C[C@@H]1N1CCOCC1. The lowest BCUT2D eigenvalue weighted by Gasteiger charge is -2.33. The highest BCUT2D eigenvalue weighted by atomic mass is 16.5. The van der Waals surface area contributed by atoms with Crippen molar-refractivity contribution in [3.05, 3.63) is 42.4 Å². The van der Waals surface area contributed by atoms with Gasteiger partial charge in [0.2, 0.25) is 0 Å². The molecule has 0 bridgehead atoms. The minimum atomic E-state index is -0.0144. The van der Waals surface area contributed by atoms with Gasteiger partial charge in [0.1, 0.15) is 5.76 Å². The summed E-state index contributed by atoms with van der Waals surface area (Å²) in [4.78, 5) is 21.2. The molecule has 134 valence electrons. The summed E-state index contributed by atoms with van der Waals surface area (Å²) in [5, 5.41) is 0. The third-order valence-electron chi connectivity index (χ3n) is 5.14. The molecule has 2 atom stereocenters. The molecule has 0 aliphatic carbocycles. The summed E-state index contributed by atoms with van der Waals surface area (Å²) in [7, 11) is 0. The molecule has 7 heteroatoms. The third kappa shape index (κ3) is 3.48. The number of carbonyl (C=O) groups is 1. The summed E-state index contributed by atoms with van der Waals surface area (Å²) in [6.45, 7) is 7.82. The van der Waals surface area contributed by atoms with E-state index >= 15 is 0 Å². The maximum absolute atomic E-state index is 12.8. The van der Waals surface area contributed by atoms with Gasteiger partial charge in [-0.15, -0.1) is 0 Å². The predicted molar refractivity (Wildman–Crippen MR) is 91.3 cm³/mol. The second-order valence-corrected chi connectivity index (χ2v) is 6.90. The van der Waals surface area contributed by atoms with E-state index in [1.54, 1.807) is 18.6 Å². The van der Waals surface area contributed by atoms with Crippen LogP contribution < -0.4 is 0 Å². The topological polar surface area (TPSA) is 63.7 Å². The van der Waals surface area contributed by atoms with E-state index in [1.165, 1.54) is 0 Å². The van der Waals surface area contributed by atoms with Crippen LogP contribution in [-0.4, -0.2) is 70.7 Å². The monoisotopic (exact) mass is 344 g/mol. The van der Waals surface area contributed by atoms with E-state index < -0.39 is 0 Å². The minimum absolute atomic E-state index is 0.0144. The molecular formula is C18H24N4O3. The lowest BCUT2D eigenvalue weighted by molar-refractivity contribution is 0.0118. The fourth-order valence-electron chi connectivity index (χ4n) is 3.79. The predicted octanol–water partition coefficient (Wildman–Crippen LogP) is 1.32. The number of imidazole rings is 1. The Bertz CT molecular complexity index is 706. The summed E-state index contributed by atoms with van der Waals surface area (Å²) in [5.74, 6) is 1.63. The first-order valence-corrected chi connectivity index (χ1v) is 8.86. The highest BCUT2D eigenvalue weighted by Gasteiger charge is 2.37. The van der Waals surface area contributed by atoms with Gasteiger partial charge in [0.05, 0.1) is 26.1 Å². The van der Waals surface area contributed by atoms with Crippen LogP contribution in [0.3, 0.4) is 0 Å². The number of ether oxygens (including phenoxy) is 1. The highest BCUT2D eigenvalue weighted by Crippen LogP contribution is 2.24. The van der Waals surface area contributed by atoms with E-state index in [2.05, 4.69) is 16.8 Å². The summed E-state index contributed by atoms with van der Waals surface area (Å²) < 4.78 is 13.1. The van der Waals surface area contributed by atoms with Gasteiger partial charge in [0.15, 0.2) is 5.76 Å². The van der Waals surface area contributed by atoms with Crippen molar-refractivity contribution in [2.45, 2.75) is 19.5 Å². The van der Waals surface area contributed by atoms with Gasteiger partial charge in [-0.05, 0) is 18.1 Å². The molecule has 4 heterocycles. The van der Waals surface area contributed by atoms with Crippen molar-refractivity contribution in [1.82, 2.24) is 19.4 Å². The number of likely N-dealkylation sites (tertiary alicyclic amines) is 1. The molecule has 0 spiro atoms.